The third-order valence-electron chi connectivity index (χ3n) is 4.56. The largest absolute Gasteiger partial charge is 0.493 e. The van der Waals surface area contributed by atoms with E-state index in [1.165, 1.54) is 19.1 Å². The number of unbranched alkanes of at least 4 members (excludes halogenated alkanes) is 2. The first-order valence-electron chi connectivity index (χ1n) is 11.2. The van der Waals surface area contributed by atoms with Crippen molar-refractivity contribution in [2.24, 2.45) is 5.73 Å². The monoisotopic (exact) mass is 468 g/mol. The van der Waals surface area contributed by atoms with E-state index in [2.05, 4.69) is 24.0 Å². The van der Waals surface area contributed by atoms with Crippen LogP contribution in [0.2, 0.25) is 0 Å². The molecule has 0 spiro atoms. The zero-order chi connectivity index (χ0) is 24.9. The lowest BCUT2D eigenvalue weighted by atomic mass is 10.0. The molecule has 1 aromatic carbocycles. The number of aromatic nitrogens is 2. The van der Waals surface area contributed by atoms with E-state index in [0.29, 0.717) is 12.3 Å². The Balaban J connectivity index is 0.00000125. The molecule has 1 atom stereocenters. The van der Waals surface area contributed by atoms with Gasteiger partial charge < -0.3 is 15.0 Å². The van der Waals surface area contributed by atoms with E-state index >= 15 is 0 Å². The molecule has 2 rings (SSSR count). The van der Waals surface area contributed by atoms with Gasteiger partial charge >= 0.3 is 6.18 Å². The molecule has 0 aliphatic heterocycles. The van der Waals surface area contributed by atoms with E-state index in [1.54, 1.807) is 0 Å². The number of nitrogens with one attached hydrogen (secondary N) is 1. The Kier molecular flexibility index (Phi) is 12.2. The smallest absolute Gasteiger partial charge is 0.419 e. The van der Waals surface area contributed by atoms with E-state index in [4.69, 9.17) is 20.4 Å². The van der Waals surface area contributed by atoms with Crippen LogP contribution in [0.15, 0.2) is 34.9 Å². The van der Waals surface area contributed by atoms with E-state index < -0.39 is 11.7 Å². The number of rotatable bonds is 11. The standard InChI is InChI=1S/C22H29F3N2O2.C2H6N2/c1-4-6-8-9-10-14-28-19-13-12-17(15-18(19)22(23,24)25)20-26-21(29-27-20)16(3)11-7-5-2;1-2(3)4/h8-9,12-13,15-16H,4-7,10-11,14H2,1-3H3;1H3,(H3,3,4)/b9-8-;/t16-;/m0./s1. The molecule has 0 aliphatic rings. The summed E-state index contributed by atoms with van der Waals surface area (Å²) >= 11 is 0. The minimum Gasteiger partial charge on any atom is -0.493 e. The summed E-state index contributed by atoms with van der Waals surface area (Å²) in [6.07, 6.45) is 4.90. The summed E-state index contributed by atoms with van der Waals surface area (Å²) < 4.78 is 51.3. The third kappa shape index (κ3) is 10.5. The lowest BCUT2D eigenvalue weighted by molar-refractivity contribution is -0.138. The van der Waals surface area contributed by atoms with Gasteiger partial charge in [0.15, 0.2) is 0 Å². The highest BCUT2D eigenvalue weighted by Gasteiger charge is 2.35. The van der Waals surface area contributed by atoms with Crippen LogP contribution in [0.1, 0.15) is 83.6 Å². The average molecular weight is 469 g/mol. The fourth-order valence-electron chi connectivity index (χ4n) is 2.84. The molecule has 184 valence electrons. The SMILES string of the molecule is CC(=N)N.CCC/C=C\CCOc1ccc(-c2noc([C@@H](C)CCCC)n2)cc1C(F)(F)F. The lowest BCUT2D eigenvalue weighted by Gasteiger charge is -2.14. The van der Waals surface area contributed by atoms with Crippen molar-refractivity contribution in [1.29, 1.82) is 5.41 Å². The lowest BCUT2D eigenvalue weighted by Crippen LogP contribution is -2.09. The fourth-order valence-corrected chi connectivity index (χ4v) is 2.84. The molecular weight excluding hydrogens is 433 g/mol. The van der Waals surface area contributed by atoms with Crippen LogP contribution in [-0.2, 0) is 6.18 Å². The van der Waals surface area contributed by atoms with Gasteiger partial charge in [0.25, 0.3) is 0 Å². The van der Waals surface area contributed by atoms with Crippen molar-refractivity contribution in [3.8, 4) is 17.1 Å². The van der Waals surface area contributed by atoms with Gasteiger partial charge in [-0.25, -0.2) is 0 Å². The zero-order valence-corrected chi connectivity index (χ0v) is 19.8. The Labute approximate surface area is 193 Å². The fraction of sp³-hybridized carbons (Fsp3) is 0.542. The molecule has 0 fully saturated rings. The molecule has 0 radical (unpaired) electrons. The van der Waals surface area contributed by atoms with E-state index in [-0.39, 0.29) is 35.5 Å². The molecule has 0 unspecified atom stereocenters. The molecule has 0 bridgehead atoms. The Hall–Kier alpha value is -2.84. The topological polar surface area (TPSA) is 98.0 Å². The molecule has 1 aromatic heterocycles. The maximum atomic E-state index is 13.5. The molecule has 0 saturated heterocycles. The number of halogens is 3. The van der Waals surface area contributed by atoms with Crippen molar-refractivity contribution in [2.45, 2.75) is 78.3 Å². The molecule has 0 saturated carbocycles. The van der Waals surface area contributed by atoms with Crippen LogP contribution in [0.4, 0.5) is 13.2 Å². The van der Waals surface area contributed by atoms with Gasteiger partial charge in [-0.2, -0.15) is 18.2 Å². The Morgan fingerprint density at radius 3 is 2.48 bits per heavy atom. The summed E-state index contributed by atoms with van der Waals surface area (Å²) in [7, 11) is 0. The molecule has 2 aromatic rings. The van der Waals surface area contributed by atoms with Crippen molar-refractivity contribution in [1.82, 2.24) is 10.1 Å². The summed E-state index contributed by atoms with van der Waals surface area (Å²) in [5.41, 5.74) is 4.11. The molecule has 0 amide bonds. The van der Waals surface area contributed by atoms with Crippen LogP contribution in [0.25, 0.3) is 11.4 Å². The molecule has 0 aliphatic carbocycles. The number of hydrogen-bond acceptors (Lipinski definition) is 5. The summed E-state index contributed by atoms with van der Waals surface area (Å²) in [4.78, 5) is 4.30. The van der Waals surface area contributed by atoms with Gasteiger partial charge in [-0.05, 0) is 44.4 Å². The van der Waals surface area contributed by atoms with Crippen LogP contribution in [0.3, 0.4) is 0 Å². The number of hydrogen-bond donors (Lipinski definition) is 2. The van der Waals surface area contributed by atoms with Gasteiger partial charge in [0, 0.05) is 11.5 Å². The highest BCUT2D eigenvalue weighted by Crippen LogP contribution is 2.38. The zero-order valence-electron chi connectivity index (χ0n) is 19.8. The summed E-state index contributed by atoms with van der Waals surface area (Å²) in [6, 6.07) is 3.88. The number of ether oxygens (including phenoxy) is 1. The normalized spacial score (nSPS) is 12.3. The van der Waals surface area contributed by atoms with Crippen molar-refractivity contribution >= 4 is 5.84 Å². The number of nitrogens with zero attached hydrogens (tertiary/aromatic N) is 2. The minimum atomic E-state index is -4.54. The van der Waals surface area contributed by atoms with Gasteiger partial charge in [-0.15, -0.1) is 0 Å². The van der Waals surface area contributed by atoms with E-state index in [0.717, 1.165) is 38.2 Å². The molecule has 33 heavy (non-hydrogen) atoms. The second-order valence-corrected chi connectivity index (χ2v) is 7.79. The minimum absolute atomic E-state index is 0.0710. The maximum absolute atomic E-state index is 13.5. The summed E-state index contributed by atoms with van der Waals surface area (Å²) in [5.74, 6) is 0.649. The Bertz CT molecular complexity index is 875. The number of amidine groups is 1. The quantitative estimate of drug-likeness (QED) is 0.158. The van der Waals surface area contributed by atoms with Crippen LogP contribution in [0.5, 0.6) is 5.75 Å². The molecule has 6 nitrogen and oxygen atoms in total. The van der Waals surface area contributed by atoms with Gasteiger partial charge in [0.2, 0.25) is 11.7 Å². The average Bonchev–Trinajstić information content (AvgIpc) is 3.24. The second kappa shape index (κ2) is 14.3. The number of allylic oxidation sites excluding steroid dienone is 1. The Morgan fingerprint density at radius 1 is 1.21 bits per heavy atom. The first kappa shape index (κ1) is 28.2. The van der Waals surface area contributed by atoms with Gasteiger partial charge in [0.05, 0.1) is 18.0 Å². The van der Waals surface area contributed by atoms with Crippen LogP contribution in [-0.4, -0.2) is 22.6 Å². The molecule has 9 heteroatoms. The van der Waals surface area contributed by atoms with Crippen molar-refractivity contribution in [3.63, 3.8) is 0 Å². The van der Waals surface area contributed by atoms with Crippen LogP contribution < -0.4 is 10.5 Å². The molecular formula is C24H35F3N4O2. The van der Waals surface area contributed by atoms with Gasteiger partial charge in [-0.1, -0.05) is 57.3 Å². The van der Waals surface area contributed by atoms with Crippen molar-refractivity contribution in [2.75, 3.05) is 6.61 Å². The first-order chi connectivity index (χ1) is 15.6. The first-order valence-corrected chi connectivity index (χ1v) is 11.2. The third-order valence-corrected chi connectivity index (χ3v) is 4.56. The second-order valence-electron chi connectivity index (χ2n) is 7.79. The number of alkyl halides is 3. The highest BCUT2D eigenvalue weighted by molar-refractivity contribution is 5.73. The van der Waals surface area contributed by atoms with Crippen molar-refractivity contribution < 1.29 is 22.4 Å². The van der Waals surface area contributed by atoms with Gasteiger partial charge in [-0.3, -0.25) is 5.41 Å². The molecule has 3 N–H and O–H groups in total. The van der Waals surface area contributed by atoms with E-state index in [1.807, 2.05) is 19.1 Å². The predicted molar refractivity (Wildman–Crippen MR) is 124 cm³/mol. The van der Waals surface area contributed by atoms with Crippen LogP contribution in [0, 0.1) is 5.41 Å². The Morgan fingerprint density at radius 2 is 1.88 bits per heavy atom. The van der Waals surface area contributed by atoms with Gasteiger partial charge in [0.1, 0.15) is 5.75 Å². The number of nitrogens with two attached hydrogens (primary N) is 1. The summed E-state index contributed by atoms with van der Waals surface area (Å²) in [6.45, 7) is 7.84. The molecule has 1 heterocycles. The predicted octanol–water partition coefficient (Wildman–Crippen LogP) is 7.12. The summed E-state index contributed by atoms with van der Waals surface area (Å²) in [5, 5.41) is 10.1. The number of benzene rings is 1. The van der Waals surface area contributed by atoms with Crippen molar-refractivity contribution in [3.05, 3.63) is 41.8 Å². The van der Waals surface area contributed by atoms with E-state index in [9.17, 15) is 13.2 Å². The maximum Gasteiger partial charge on any atom is 0.419 e. The van der Waals surface area contributed by atoms with Crippen LogP contribution >= 0.6 is 0 Å². The highest BCUT2D eigenvalue weighted by atomic mass is 19.4.